The first kappa shape index (κ1) is 15.0. The SMILES string of the molecule is CC(CCNC(=O)C1CCCNC1)CCC(=O)O. The molecular weight excluding hydrogens is 232 g/mol. The average Bonchev–Trinajstić information content (AvgIpc) is 2.37. The van der Waals surface area contributed by atoms with Gasteiger partial charge in [-0.3, -0.25) is 9.59 Å². The fourth-order valence-electron chi connectivity index (χ4n) is 2.18. The number of hydrogen-bond acceptors (Lipinski definition) is 3. The monoisotopic (exact) mass is 256 g/mol. The van der Waals surface area contributed by atoms with Gasteiger partial charge in [-0.15, -0.1) is 0 Å². The standard InChI is InChI=1S/C13H24N2O3/c1-10(4-5-12(16)17)6-8-15-13(18)11-3-2-7-14-9-11/h10-11,14H,2-9H2,1H3,(H,15,18)(H,16,17). The number of amides is 1. The van der Waals surface area contributed by atoms with Crippen LogP contribution >= 0.6 is 0 Å². The molecule has 1 fully saturated rings. The Balaban J connectivity index is 2.08. The predicted molar refractivity (Wildman–Crippen MR) is 69.3 cm³/mol. The molecule has 0 aromatic rings. The number of aliphatic carboxylic acids is 1. The number of hydrogen-bond donors (Lipinski definition) is 3. The summed E-state index contributed by atoms with van der Waals surface area (Å²) in [7, 11) is 0. The highest BCUT2D eigenvalue weighted by molar-refractivity contribution is 5.78. The molecule has 1 saturated heterocycles. The van der Waals surface area contributed by atoms with Crippen LogP contribution in [0.2, 0.25) is 0 Å². The molecule has 1 amide bonds. The molecule has 5 heteroatoms. The molecule has 0 saturated carbocycles. The molecule has 0 radical (unpaired) electrons. The van der Waals surface area contributed by atoms with Gasteiger partial charge in [0.2, 0.25) is 5.91 Å². The van der Waals surface area contributed by atoms with Gasteiger partial charge in [-0.2, -0.15) is 0 Å². The van der Waals surface area contributed by atoms with Gasteiger partial charge in [-0.05, 0) is 38.1 Å². The molecular formula is C13H24N2O3. The molecule has 0 aromatic carbocycles. The third-order valence-corrected chi connectivity index (χ3v) is 3.46. The van der Waals surface area contributed by atoms with Crippen LogP contribution in [0.15, 0.2) is 0 Å². The summed E-state index contributed by atoms with van der Waals surface area (Å²) < 4.78 is 0. The number of carboxylic acid groups (broad SMARTS) is 1. The lowest BCUT2D eigenvalue weighted by Gasteiger charge is -2.22. The van der Waals surface area contributed by atoms with Crippen molar-refractivity contribution in [1.29, 1.82) is 0 Å². The third kappa shape index (κ3) is 6.00. The van der Waals surface area contributed by atoms with Gasteiger partial charge in [0, 0.05) is 19.5 Å². The predicted octanol–water partition coefficient (Wildman–Crippen LogP) is 0.993. The molecule has 1 heterocycles. The summed E-state index contributed by atoms with van der Waals surface area (Å²) in [6.45, 7) is 4.46. The van der Waals surface area contributed by atoms with E-state index in [9.17, 15) is 9.59 Å². The molecule has 5 nitrogen and oxygen atoms in total. The molecule has 2 unspecified atom stereocenters. The van der Waals surface area contributed by atoms with E-state index in [0.29, 0.717) is 18.9 Å². The van der Waals surface area contributed by atoms with Gasteiger partial charge in [-0.1, -0.05) is 6.92 Å². The lowest BCUT2D eigenvalue weighted by Crippen LogP contribution is -2.41. The van der Waals surface area contributed by atoms with Crippen LogP contribution in [0.1, 0.15) is 39.0 Å². The zero-order valence-corrected chi connectivity index (χ0v) is 11.1. The van der Waals surface area contributed by atoms with E-state index < -0.39 is 5.97 Å². The summed E-state index contributed by atoms with van der Waals surface area (Å²) in [6.07, 6.45) is 3.76. The van der Waals surface area contributed by atoms with Crippen molar-refractivity contribution < 1.29 is 14.7 Å². The average molecular weight is 256 g/mol. The van der Waals surface area contributed by atoms with Crippen molar-refractivity contribution in [3.63, 3.8) is 0 Å². The third-order valence-electron chi connectivity index (χ3n) is 3.46. The van der Waals surface area contributed by atoms with Gasteiger partial charge in [-0.25, -0.2) is 0 Å². The summed E-state index contributed by atoms with van der Waals surface area (Å²) in [5.41, 5.74) is 0. The number of nitrogens with one attached hydrogen (secondary N) is 2. The van der Waals surface area contributed by atoms with Crippen LogP contribution in [0.25, 0.3) is 0 Å². The highest BCUT2D eigenvalue weighted by Crippen LogP contribution is 2.11. The number of piperidine rings is 1. The van der Waals surface area contributed by atoms with Crippen LogP contribution in [0, 0.1) is 11.8 Å². The fourth-order valence-corrected chi connectivity index (χ4v) is 2.18. The molecule has 1 rings (SSSR count). The summed E-state index contributed by atoms with van der Waals surface area (Å²) >= 11 is 0. The van der Waals surface area contributed by atoms with Gasteiger partial charge in [0.05, 0.1) is 5.92 Å². The Morgan fingerprint density at radius 1 is 1.44 bits per heavy atom. The molecule has 1 aliphatic heterocycles. The van der Waals surface area contributed by atoms with Crippen molar-refractivity contribution in [2.75, 3.05) is 19.6 Å². The van der Waals surface area contributed by atoms with Gasteiger partial charge >= 0.3 is 5.97 Å². The molecule has 0 spiro atoms. The fraction of sp³-hybridized carbons (Fsp3) is 0.846. The van der Waals surface area contributed by atoms with Crippen LogP contribution in [0.4, 0.5) is 0 Å². The van der Waals surface area contributed by atoms with Crippen molar-refractivity contribution in [2.24, 2.45) is 11.8 Å². The maximum Gasteiger partial charge on any atom is 0.303 e. The second-order valence-electron chi connectivity index (χ2n) is 5.16. The first-order valence-corrected chi connectivity index (χ1v) is 6.80. The maximum atomic E-state index is 11.8. The lowest BCUT2D eigenvalue weighted by molar-refractivity contribution is -0.137. The van der Waals surface area contributed by atoms with Gasteiger partial charge in [0.25, 0.3) is 0 Å². The van der Waals surface area contributed by atoms with Crippen LogP contribution in [-0.2, 0) is 9.59 Å². The molecule has 2 atom stereocenters. The van der Waals surface area contributed by atoms with E-state index in [2.05, 4.69) is 10.6 Å². The summed E-state index contributed by atoms with van der Waals surface area (Å²) in [5.74, 6) is -0.175. The quantitative estimate of drug-likeness (QED) is 0.635. The van der Waals surface area contributed by atoms with Crippen molar-refractivity contribution in [3.05, 3.63) is 0 Å². The minimum Gasteiger partial charge on any atom is -0.481 e. The van der Waals surface area contributed by atoms with E-state index in [1.807, 2.05) is 6.92 Å². The Hall–Kier alpha value is -1.10. The molecule has 0 bridgehead atoms. The van der Waals surface area contributed by atoms with E-state index in [0.717, 1.165) is 32.4 Å². The number of carbonyl (C=O) groups excluding carboxylic acids is 1. The summed E-state index contributed by atoms with van der Waals surface area (Å²) in [6, 6.07) is 0. The van der Waals surface area contributed by atoms with E-state index in [-0.39, 0.29) is 18.2 Å². The summed E-state index contributed by atoms with van der Waals surface area (Å²) in [5, 5.41) is 14.7. The molecule has 0 aromatic heterocycles. The minimum atomic E-state index is -0.751. The van der Waals surface area contributed by atoms with Crippen molar-refractivity contribution in [3.8, 4) is 0 Å². The first-order chi connectivity index (χ1) is 8.59. The van der Waals surface area contributed by atoms with Crippen molar-refractivity contribution in [1.82, 2.24) is 10.6 Å². The van der Waals surface area contributed by atoms with E-state index >= 15 is 0 Å². The van der Waals surface area contributed by atoms with E-state index in [1.54, 1.807) is 0 Å². The Morgan fingerprint density at radius 3 is 2.83 bits per heavy atom. The first-order valence-electron chi connectivity index (χ1n) is 6.80. The molecule has 3 N–H and O–H groups in total. The highest BCUT2D eigenvalue weighted by Gasteiger charge is 2.20. The number of carbonyl (C=O) groups is 2. The minimum absolute atomic E-state index is 0.105. The van der Waals surface area contributed by atoms with Crippen LogP contribution < -0.4 is 10.6 Å². The second kappa shape index (κ2) is 8.08. The van der Waals surface area contributed by atoms with Gasteiger partial charge < -0.3 is 15.7 Å². The van der Waals surface area contributed by atoms with E-state index in [1.165, 1.54) is 0 Å². The molecule has 104 valence electrons. The smallest absolute Gasteiger partial charge is 0.303 e. The zero-order chi connectivity index (χ0) is 13.4. The Kier molecular flexibility index (Phi) is 6.72. The number of rotatable bonds is 7. The number of carboxylic acids is 1. The molecule has 0 aliphatic carbocycles. The normalized spacial score (nSPS) is 21.3. The topological polar surface area (TPSA) is 78.4 Å². The maximum absolute atomic E-state index is 11.8. The van der Waals surface area contributed by atoms with Crippen LogP contribution in [0.3, 0.4) is 0 Å². The summed E-state index contributed by atoms with van der Waals surface area (Å²) in [4.78, 5) is 22.2. The highest BCUT2D eigenvalue weighted by atomic mass is 16.4. The van der Waals surface area contributed by atoms with Crippen molar-refractivity contribution >= 4 is 11.9 Å². The van der Waals surface area contributed by atoms with Gasteiger partial charge in [0.1, 0.15) is 0 Å². The van der Waals surface area contributed by atoms with Crippen LogP contribution in [-0.4, -0.2) is 36.6 Å². The lowest BCUT2D eigenvalue weighted by atomic mass is 9.98. The van der Waals surface area contributed by atoms with E-state index in [4.69, 9.17) is 5.11 Å². The molecule has 1 aliphatic rings. The van der Waals surface area contributed by atoms with Crippen molar-refractivity contribution in [2.45, 2.75) is 39.0 Å². The largest absolute Gasteiger partial charge is 0.481 e. The van der Waals surface area contributed by atoms with Crippen LogP contribution in [0.5, 0.6) is 0 Å². The molecule has 18 heavy (non-hydrogen) atoms. The Morgan fingerprint density at radius 2 is 2.22 bits per heavy atom. The Bertz CT molecular complexity index is 275. The zero-order valence-electron chi connectivity index (χ0n) is 11.1. The second-order valence-corrected chi connectivity index (χ2v) is 5.16. The van der Waals surface area contributed by atoms with Gasteiger partial charge in [0.15, 0.2) is 0 Å². The Labute approximate surface area is 108 Å².